The van der Waals surface area contributed by atoms with Crippen LogP contribution in [-0.2, 0) is 9.59 Å². The van der Waals surface area contributed by atoms with Crippen LogP contribution in [0.5, 0.6) is 0 Å². The standard InChI is InChI=1S/C10H10N4O5S/c1-4-7(9(17)18)8(20-13-4)12-5(15)3-14-6(16)2-11-10(14)19/h2-3H2,1H3,(H,11,19)(H,12,15)(H,17,18). The van der Waals surface area contributed by atoms with Crippen molar-refractivity contribution in [1.29, 1.82) is 0 Å². The second-order valence-electron chi connectivity index (χ2n) is 3.96. The van der Waals surface area contributed by atoms with Gasteiger partial charge in [0.1, 0.15) is 17.1 Å². The number of nitrogens with one attached hydrogen (secondary N) is 2. The lowest BCUT2D eigenvalue weighted by Crippen LogP contribution is -2.38. The van der Waals surface area contributed by atoms with Crippen LogP contribution in [0.4, 0.5) is 9.80 Å². The normalized spacial score (nSPS) is 14.3. The predicted molar refractivity (Wildman–Crippen MR) is 67.6 cm³/mol. The average Bonchev–Trinajstić information content (AvgIpc) is 2.87. The van der Waals surface area contributed by atoms with Crippen LogP contribution in [-0.4, -0.2) is 51.3 Å². The highest BCUT2D eigenvalue weighted by Gasteiger charge is 2.30. The van der Waals surface area contributed by atoms with Crippen LogP contribution < -0.4 is 10.6 Å². The van der Waals surface area contributed by atoms with Gasteiger partial charge in [0.2, 0.25) is 5.91 Å². The van der Waals surface area contributed by atoms with E-state index in [4.69, 9.17) is 5.11 Å². The number of imide groups is 1. The molecule has 1 aromatic rings. The number of aromatic carboxylic acids is 1. The summed E-state index contributed by atoms with van der Waals surface area (Å²) in [6.07, 6.45) is 0. The summed E-state index contributed by atoms with van der Waals surface area (Å²) in [4.78, 5) is 46.1. The highest BCUT2D eigenvalue weighted by atomic mass is 32.1. The molecule has 0 spiro atoms. The van der Waals surface area contributed by atoms with Crippen LogP contribution in [0, 0.1) is 6.92 Å². The van der Waals surface area contributed by atoms with Gasteiger partial charge in [-0.3, -0.25) is 14.5 Å². The third-order valence-electron chi connectivity index (χ3n) is 2.57. The zero-order valence-corrected chi connectivity index (χ0v) is 11.1. The molecule has 0 atom stereocenters. The number of rotatable bonds is 4. The molecule has 3 N–H and O–H groups in total. The fourth-order valence-electron chi connectivity index (χ4n) is 1.63. The van der Waals surface area contributed by atoms with Crippen LogP contribution in [0.25, 0.3) is 0 Å². The van der Waals surface area contributed by atoms with Crippen molar-refractivity contribution in [3.63, 3.8) is 0 Å². The number of carbonyl (C=O) groups excluding carboxylic acids is 3. The van der Waals surface area contributed by atoms with Gasteiger partial charge in [-0.25, -0.2) is 9.59 Å². The Morgan fingerprint density at radius 1 is 1.50 bits per heavy atom. The third kappa shape index (κ3) is 2.59. The Bertz CT molecular complexity index is 595. The molecule has 1 aliphatic rings. The minimum absolute atomic E-state index is 0.0760. The summed E-state index contributed by atoms with van der Waals surface area (Å²) < 4.78 is 3.84. The van der Waals surface area contributed by atoms with Gasteiger partial charge in [0.25, 0.3) is 5.91 Å². The monoisotopic (exact) mass is 298 g/mol. The third-order valence-corrected chi connectivity index (χ3v) is 3.42. The Morgan fingerprint density at radius 2 is 2.20 bits per heavy atom. The highest BCUT2D eigenvalue weighted by Crippen LogP contribution is 2.24. The molecular formula is C10H10N4O5S. The summed E-state index contributed by atoms with van der Waals surface area (Å²) in [5.41, 5.74) is 0.188. The maximum absolute atomic E-state index is 11.7. The number of carbonyl (C=O) groups is 4. The van der Waals surface area contributed by atoms with Gasteiger partial charge >= 0.3 is 12.0 Å². The zero-order chi connectivity index (χ0) is 14.9. The molecule has 2 rings (SSSR count). The fraction of sp³-hybridized carbons (Fsp3) is 0.300. The smallest absolute Gasteiger partial charge is 0.340 e. The van der Waals surface area contributed by atoms with Gasteiger partial charge in [-0.15, -0.1) is 0 Å². The summed E-state index contributed by atoms with van der Waals surface area (Å²) >= 11 is 0.826. The number of urea groups is 1. The van der Waals surface area contributed by atoms with Gasteiger partial charge in [-0.1, -0.05) is 0 Å². The second-order valence-corrected chi connectivity index (χ2v) is 4.74. The summed E-state index contributed by atoms with van der Waals surface area (Å²) in [5, 5.41) is 13.7. The van der Waals surface area contributed by atoms with Crippen LogP contribution >= 0.6 is 11.5 Å². The second kappa shape index (κ2) is 5.25. The molecular weight excluding hydrogens is 288 g/mol. The van der Waals surface area contributed by atoms with E-state index in [9.17, 15) is 19.2 Å². The van der Waals surface area contributed by atoms with Crippen molar-refractivity contribution in [2.75, 3.05) is 18.4 Å². The number of amides is 4. The number of aromatic nitrogens is 1. The lowest BCUT2D eigenvalue weighted by molar-refractivity contribution is -0.128. The molecule has 1 aromatic heterocycles. The summed E-state index contributed by atoms with van der Waals surface area (Å²) in [6, 6.07) is -0.649. The Kier molecular flexibility index (Phi) is 3.66. The Balaban J connectivity index is 2.07. The number of hydrogen-bond donors (Lipinski definition) is 3. The first-order chi connectivity index (χ1) is 9.40. The largest absolute Gasteiger partial charge is 0.478 e. The van der Waals surface area contributed by atoms with Gasteiger partial charge < -0.3 is 15.7 Å². The SMILES string of the molecule is Cc1nsc(NC(=O)CN2C(=O)CNC2=O)c1C(=O)O. The van der Waals surface area contributed by atoms with E-state index < -0.39 is 30.4 Å². The number of nitrogens with zero attached hydrogens (tertiary/aromatic N) is 2. The number of carboxylic acid groups (broad SMARTS) is 1. The molecule has 1 aliphatic heterocycles. The number of aryl methyl sites for hydroxylation is 1. The van der Waals surface area contributed by atoms with Crippen molar-refractivity contribution < 1.29 is 24.3 Å². The predicted octanol–water partition coefficient (Wildman–Crippen LogP) is -0.360. The molecule has 0 radical (unpaired) electrons. The van der Waals surface area contributed by atoms with E-state index >= 15 is 0 Å². The molecule has 20 heavy (non-hydrogen) atoms. The first-order valence-corrected chi connectivity index (χ1v) is 6.25. The van der Waals surface area contributed by atoms with E-state index in [1.807, 2.05) is 0 Å². The van der Waals surface area contributed by atoms with Crippen LogP contribution in [0.15, 0.2) is 0 Å². The van der Waals surface area contributed by atoms with Crippen LogP contribution in [0.1, 0.15) is 16.1 Å². The molecule has 106 valence electrons. The molecule has 1 saturated heterocycles. The van der Waals surface area contributed by atoms with E-state index in [2.05, 4.69) is 15.0 Å². The summed E-state index contributed by atoms with van der Waals surface area (Å²) in [5.74, 6) is -2.38. The van der Waals surface area contributed by atoms with Crippen molar-refractivity contribution >= 4 is 40.3 Å². The molecule has 0 unspecified atom stereocenters. The Hall–Kier alpha value is -2.49. The molecule has 4 amide bonds. The number of anilines is 1. The molecule has 0 aliphatic carbocycles. The highest BCUT2D eigenvalue weighted by molar-refractivity contribution is 7.11. The van der Waals surface area contributed by atoms with Crippen molar-refractivity contribution in [2.45, 2.75) is 6.92 Å². The van der Waals surface area contributed by atoms with Crippen molar-refractivity contribution in [2.24, 2.45) is 0 Å². The Morgan fingerprint density at radius 3 is 2.75 bits per heavy atom. The number of hydrogen-bond acceptors (Lipinski definition) is 6. The molecule has 0 bridgehead atoms. The zero-order valence-electron chi connectivity index (χ0n) is 10.3. The van der Waals surface area contributed by atoms with E-state index in [0.717, 1.165) is 16.4 Å². The molecule has 1 fully saturated rings. The van der Waals surface area contributed by atoms with Gasteiger partial charge in [-0.05, 0) is 18.5 Å². The molecule has 10 heteroatoms. The van der Waals surface area contributed by atoms with E-state index in [0.29, 0.717) is 0 Å². The minimum Gasteiger partial charge on any atom is -0.478 e. The van der Waals surface area contributed by atoms with E-state index in [1.54, 1.807) is 0 Å². The minimum atomic E-state index is -1.21. The molecule has 0 saturated carbocycles. The van der Waals surface area contributed by atoms with Crippen molar-refractivity contribution in [3.8, 4) is 0 Å². The number of carboxylic acids is 1. The maximum Gasteiger partial charge on any atom is 0.340 e. The maximum atomic E-state index is 11.7. The first kappa shape index (κ1) is 13.9. The molecule has 0 aromatic carbocycles. The summed E-state index contributed by atoms with van der Waals surface area (Å²) in [7, 11) is 0. The topological polar surface area (TPSA) is 129 Å². The van der Waals surface area contributed by atoms with Crippen LogP contribution in [0.3, 0.4) is 0 Å². The average molecular weight is 298 g/mol. The van der Waals surface area contributed by atoms with Crippen molar-refractivity contribution in [3.05, 3.63) is 11.3 Å². The Labute approximate surface area is 116 Å². The fourth-order valence-corrected chi connectivity index (χ4v) is 2.44. The van der Waals surface area contributed by atoms with Crippen molar-refractivity contribution in [1.82, 2.24) is 14.6 Å². The van der Waals surface area contributed by atoms with E-state index in [-0.39, 0.29) is 22.8 Å². The van der Waals surface area contributed by atoms with Crippen LogP contribution in [0.2, 0.25) is 0 Å². The lowest BCUT2D eigenvalue weighted by atomic mass is 10.2. The van der Waals surface area contributed by atoms with E-state index in [1.165, 1.54) is 6.92 Å². The van der Waals surface area contributed by atoms with Gasteiger partial charge in [-0.2, -0.15) is 4.37 Å². The first-order valence-electron chi connectivity index (χ1n) is 5.47. The van der Waals surface area contributed by atoms with Gasteiger partial charge in [0.15, 0.2) is 0 Å². The lowest BCUT2D eigenvalue weighted by Gasteiger charge is -2.11. The molecule has 2 heterocycles. The van der Waals surface area contributed by atoms with Gasteiger partial charge in [0.05, 0.1) is 12.2 Å². The summed E-state index contributed by atoms with van der Waals surface area (Å²) in [6.45, 7) is 0.889. The van der Waals surface area contributed by atoms with Gasteiger partial charge in [0, 0.05) is 0 Å². The molecule has 9 nitrogen and oxygen atoms in total. The quantitative estimate of drug-likeness (QED) is 0.651.